The highest BCUT2D eigenvalue weighted by molar-refractivity contribution is 14.1. The van der Waals surface area contributed by atoms with E-state index in [9.17, 15) is 4.79 Å². The number of benzene rings is 1. The first-order valence-corrected chi connectivity index (χ1v) is 4.68. The van der Waals surface area contributed by atoms with Crippen LogP contribution in [0.15, 0.2) is 24.3 Å². The molecule has 2 nitrogen and oxygen atoms in total. The second kappa shape index (κ2) is 3.89. The zero-order chi connectivity index (χ0) is 9.14. The smallest absolute Gasteiger partial charge is 0.310 e. The van der Waals surface area contributed by atoms with Crippen molar-refractivity contribution in [1.82, 2.24) is 0 Å². The summed E-state index contributed by atoms with van der Waals surface area (Å²) >= 11 is 2.15. The number of carbonyl (C=O) groups is 1. The zero-order valence-corrected chi connectivity index (χ0v) is 8.78. The van der Waals surface area contributed by atoms with Crippen molar-refractivity contribution in [3.05, 3.63) is 33.4 Å². The average molecular weight is 276 g/mol. The van der Waals surface area contributed by atoms with Crippen molar-refractivity contribution in [2.75, 3.05) is 0 Å². The molecule has 1 rings (SSSR count). The van der Waals surface area contributed by atoms with E-state index in [4.69, 9.17) is 5.11 Å². The van der Waals surface area contributed by atoms with Crippen molar-refractivity contribution < 1.29 is 9.90 Å². The van der Waals surface area contributed by atoms with Gasteiger partial charge in [-0.2, -0.15) is 0 Å². The van der Waals surface area contributed by atoms with Crippen molar-refractivity contribution in [2.24, 2.45) is 0 Å². The van der Waals surface area contributed by atoms with E-state index < -0.39 is 11.9 Å². The fraction of sp³-hybridized carbons (Fsp3) is 0.222. The maximum absolute atomic E-state index is 10.6. The van der Waals surface area contributed by atoms with E-state index in [1.54, 1.807) is 6.92 Å². The summed E-state index contributed by atoms with van der Waals surface area (Å²) in [6, 6.07) is 7.52. The molecule has 1 aromatic carbocycles. The number of carboxylic acids is 1. The second-order valence-electron chi connectivity index (χ2n) is 2.58. The van der Waals surface area contributed by atoms with Gasteiger partial charge in [0.2, 0.25) is 0 Å². The van der Waals surface area contributed by atoms with Crippen molar-refractivity contribution in [2.45, 2.75) is 12.8 Å². The average Bonchev–Trinajstić information content (AvgIpc) is 2.04. The fourth-order valence-electron chi connectivity index (χ4n) is 0.959. The van der Waals surface area contributed by atoms with Gasteiger partial charge < -0.3 is 5.11 Å². The standard InChI is InChI=1S/C9H9IO2/c1-6(9(11)12)7-4-2-3-5-8(7)10/h2-6H,1H3,(H,11,12)/t6-/m1/s1. The lowest BCUT2D eigenvalue weighted by molar-refractivity contribution is -0.138. The molecule has 0 aromatic heterocycles. The van der Waals surface area contributed by atoms with Gasteiger partial charge in [-0.1, -0.05) is 18.2 Å². The Morgan fingerprint density at radius 3 is 2.58 bits per heavy atom. The van der Waals surface area contributed by atoms with Crippen molar-refractivity contribution >= 4 is 28.6 Å². The van der Waals surface area contributed by atoms with E-state index in [0.29, 0.717) is 0 Å². The van der Waals surface area contributed by atoms with Gasteiger partial charge in [0.05, 0.1) is 5.92 Å². The minimum Gasteiger partial charge on any atom is -0.481 e. The molecule has 3 heteroatoms. The highest BCUT2D eigenvalue weighted by Gasteiger charge is 2.15. The molecule has 0 unspecified atom stereocenters. The van der Waals surface area contributed by atoms with Crippen LogP contribution in [-0.2, 0) is 4.79 Å². The summed E-state index contributed by atoms with van der Waals surface area (Å²) in [5, 5.41) is 8.76. The lowest BCUT2D eigenvalue weighted by atomic mass is 10.0. The van der Waals surface area contributed by atoms with Gasteiger partial charge in [-0.3, -0.25) is 4.79 Å². The molecule has 0 fully saturated rings. The van der Waals surface area contributed by atoms with Crippen LogP contribution < -0.4 is 0 Å². The number of aliphatic carboxylic acids is 1. The predicted molar refractivity (Wildman–Crippen MR) is 55.2 cm³/mol. The molecule has 0 heterocycles. The Morgan fingerprint density at radius 2 is 2.08 bits per heavy atom. The summed E-state index contributed by atoms with van der Waals surface area (Å²) < 4.78 is 1.00. The Labute approximate surface area is 84.7 Å². The molecule has 1 N–H and O–H groups in total. The van der Waals surface area contributed by atoms with E-state index in [2.05, 4.69) is 22.6 Å². The zero-order valence-electron chi connectivity index (χ0n) is 6.62. The summed E-state index contributed by atoms with van der Waals surface area (Å²) in [5.74, 6) is -1.20. The van der Waals surface area contributed by atoms with Gasteiger partial charge in [-0.25, -0.2) is 0 Å². The topological polar surface area (TPSA) is 37.3 Å². The Hall–Kier alpha value is -0.580. The second-order valence-corrected chi connectivity index (χ2v) is 3.74. The molecule has 0 saturated heterocycles. The molecular weight excluding hydrogens is 267 g/mol. The van der Waals surface area contributed by atoms with E-state index in [1.807, 2.05) is 24.3 Å². The van der Waals surface area contributed by atoms with E-state index in [0.717, 1.165) is 9.13 Å². The van der Waals surface area contributed by atoms with Crippen LogP contribution in [0.5, 0.6) is 0 Å². The fourth-order valence-corrected chi connectivity index (χ4v) is 1.81. The molecule has 1 aromatic rings. The Morgan fingerprint density at radius 1 is 1.50 bits per heavy atom. The highest BCUT2D eigenvalue weighted by Crippen LogP contribution is 2.21. The van der Waals surface area contributed by atoms with E-state index in [-0.39, 0.29) is 0 Å². The molecule has 0 radical (unpaired) electrons. The molecule has 0 aliphatic heterocycles. The summed E-state index contributed by atoms with van der Waals surface area (Å²) in [4.78, 5) is 10.6. The first kappa shape index (κ1) is 9.51. The molecule has 0 bridgehead atoms. The third kappa shape index (κ3) is 1.97. The van der Waals surface area contributed by atoms with Crippen molar-refractivity contribution in [1.29, 1.82) is 0 Å². The van der Waals surface area contributed by atoms with Gasteiger partial charge >= 0.3 is 5.97 Å². The Kier molecular flexibility index (Phi) is 3.08. The monoisotopic (exact) mass is 276 g/mol. The van der Waals surface area contributed by atoms with Crippen LogP contribution in [-0.4, -0.2) is 11.1 Å². The summed E-state index contributed by atoms with van der Waals surface area (Å²) in [7, 11) is 0. The first-order chi connectivity index (χ1) is 5.63. The van der Waals surface area contributed by atoms with E-state index >= 15 is 0 Å². The largest absolute Gasteiger partial charge is 0.481 e. The third-order valence-electron chi connectivity index (χ3n) is 1.74. The number of carboxylic acid groups (broad SMARTS) is 1. The predicted octanol–water partition coefficient (Wildman–Crippen LogP) is 2.48. The number of hydrogen-bond donors (Lipinski definition) is 1. The molecule has 0 saturated carbocycles. The first-order valence-electron chi connectivity index (χ1n) is 3.60. The Balaban J connectivity index is 3.02. The number of rotatable bonds is 2. The SMILES string of the molecule is C[C@@H](C(=O)O)c1ccccc1I. The van der Waals surface area contributed by atoms with Crippen LogP contribution in [0.4, 0.5) is 0 Å². The van der Waals surface area contributed by atoms with Crippen LogP contribution in [0.3, 0.4) is 0 Å². The molecule has 0 amide bonds. The van der Waals surface area contributed by atoms with Crippen molar-refractivity contribution in [3.8, 4) is 0 Å². The van der Waals surface area contributed by atoms with Crippen LogP contribution >= 0.6 is 22.6 Å². The molecule has 0 spiro atoms. The summed E-state index contributed by atoms with van der Waals surface area (Å²) in [6.45, 7) is 1.69. The normalized spacial score (nSPS) is 12.5. The number of hydrogen-bond acceptors (Lipinski definition) is 1. The molecule has 0 aliphatic carbocycles. The molecule has 64 valence electrons. The minimum absolute atomic E-state index is 0.418. The maximum Gasteiger partial charge on any atom is 0.310 e. The van der Waals surface area contributed by atoms with Crippen LogP contribution in [0.2, 0.25) is 0 Å². The lowest BCUT2D eigenvalue weighted by Crippen LogP contribution is -2.08. The molecule has 12 heavy (non-hydrogen) atoms. The molecular formula is C9H9IO2. The minimum atomic E-state index is -0.779. The van der Waals surface area contributed by atoms with Crippen LogP contribution in [0.1, 0.15) is 18.4 Å². The Bertz CT molecular complexity index is 296. The van der Waals surface area contributed by atoms with Crippen LogP contribution in [0.25, 0.3) is 0 Å². The third-order valence-corrected chi connectivity index (χ3v) is 2.72. The maximum atomic E-state index is 10.6. The van der Waals surface area contributed by atoms with Gasteiger partial charge in [0.1, 0.15) is 0 Å². The highest BCUT2D eigenvalue weighted by atomic mass is 127. The van der Waals surface area contributed by atoms with Crippen LogP contribution in [0, 0.1) is 3.57 Å². The van der Waals surface area contributed by atoms with Gasteiger partial charge in [-0.05, 0) is 41.1 Å². The number of halogens is 1. The lowest BCUT2D eigenvalue weighted by Gasteiger charge is -2.07. The summed E-state index contributed by atoms with van der Waals surface area (Å²) in [5.41, 5.74) is 0.880. The molecule has 0 aliphatic rings. The summed E-state index contributed by atoms with van der Waals surface area (Å²) in [6.07, 6.45) is 0. The van der Waals surface area contributed by atoms with Gasteiger partial charge in [0.25, 0.3) is 0 Å². The van der Waals surface area contributed by atoms with Gasteiger partial charge in [-0.15, -0.1) is 0 Å². The van der Waals surface area contributed by atoms with Gasteiger partial charge in [0.15, 0.2) is 0 Å². The van der Waals surface area contributed by atoms with Crippen molar-refractivity contribution in [3.63, 3.8) is 0 Å². The van der Waals surface area contributed by atoms with E-state index in [1.165, 1.54) is 0 Å². The molecule has 1 atom stereocenters. The quantitative estimate of drug-likeness (QED) is 0.842. The van der Waals surface area contributed by atoms with Gasteiger partial charge in [0, 0.05) is 3.57 Å².